The first kappa shape index (κ1) is 18.2. The van der Waals surface area contributed by atoms with Crippen molar-refractivity contribution in [2.45, 2.75) is 64.3 Å². The van der Waals surface area contributed by atoms with Crippen LogP contribution in [0.15, 0.2) is 0 Å². The van der Waals surface area contributed by atoms with Crippen LogP contribution in [0.25, 0.3) is 0 Å². The lowest BCUT2D eigenvalue weighted by molar-refractivity contribution is -0.138. The van der Waals surface area contributed by atoms with Gasteiger partial charge in [0.05, 0.1) is 6.54 Å². The number of rotatable bonds is 6. The smallest absolute Gasteiger partial charge is 0.303 e. The molecule has 0 aromatic carbocycles. The summed E-state index contributed by atoms with van der Waals surface area (Å²) < 4.78 is 0. The van der Waals surface area contributed by atoms with E-state index in [0.29, 0.717) is 18.5 Å². The van der Waals surface area contributed by atoms with E-state index in [-0.39, 0.29) is 12.3 Å². The van der Waals surface area contributed by atoms with Gasteiger partial charge in [0.1, 0.15) is 0 Å². The first-order chi connectivity index (χ1) is 11.0. The van der Waals surface area contributed by atoms with Crippen LogP contribution in [-0.4, -0.2) is 59.5 Å². The van der Waals surface area contributed by atoms with Gasteiger partial charge >= 0.3 is 5.97 Å². The number of carbonyl (C=O) groups excluding carboxylic acids is 1. The van der Waals surface area contributed by atoms with E-state index in [9.17, 15) is 9.59 Å². The summed E-state index contributed by atoms with van der Waals surface area (Å²) in [5.74, 6) is 0.730. The molecular formula is C18H32N2O3. The summed E-state index contributed by atoms with van der Waals surface area (Å²) >= 11 is 0. The Balaban J connectivity index is 1.76. The normalized spacial score (nSPS) is 29.2. The molecule has 5 nitrogen and oxygen atoms in total. The van der Waals surface area contributed by atoms with Gasteiger partial charge in [-0.1, -0.05) is 6.92 Å². The fraction of sp³-hybridized carbons (Fsp3) is 0.889. The quantitative estimate of drug-likeness (QED) is 0.816. The Morgan fingerprint density at radius 1 is 1.17 bits per heavy atom. The van der Waals surface area contributed by atoms with E-state index in [0.717, 1.165) is 51.1 Å². The molecule has 1 aliphatic carbocycles. The van der Waals surface area contributed by atoms with E-state index in [1.807, 2.05) is 11.9 Å². The van der Waals surface area contributed by atoms with Gasteiger partial charge in [0.25, 0.3) is 0 Å². The van der Waals surface area contributed by atoms with Crippen molar-refractivity contribution in [1.29, 1.82) is 0 Å². The van der Waals surface area contributed by atoms with Gasteiger partial charge in [-0.2, -0.15) is 0 Å². The second kappa shape index (κ2) is 8.67. The Labute approximate surface area is 140 Å². The number of likely N-dealkylation sites (tertiary alicyclic amines) is 1. The predicted molar refractivity (Wildman–Crippen MR) is 90.2 cm³/mol. The van der Waals surface area contributed by atoms with Crippen molar-refractivity contribution in [2.24, 2.45) is 11.8 Å². The summed E-state index contributed by atoms with van der Waals surface area (Å²) in [6, 6.07) is 0.409. The van der Waals surface area contributed by atoms with Crippen molar-refractivity contribution in [3.63, 3.8) is 0 Å². The maximum absolute atomic E-state index is 12.6. The summed E-state index contributed by atoms with van der Waals surface area (Å²) in [4.78, 5) is 27.5. The highest BCUT2D eigenvalue weighted by Gasteiger charge is 2.27. The molecule has 0 spiro atoms. The Morgan fingerprint density at radius 2 is 1.87 bits per heavy atom. The molecule has 2 fully saturated rings. The van der Waals surface area contributed by atoms with Crippen LogP contribution in [0, 0.1) is 11.8 Å². The molecule has 1 amide bonds. The van der Waals surface area contributed by atoms with E-state index in [1.54, 1.807) is 0 Å². The molecule has 1 N–H and O–H groups in total. The molecule has 1 atom stereocenters. The minimum atomic E-state index is -0.718. The van der Waals surface area contributed by atoms with Crippen LogP contribution in [0.1, 0.15) is 58.3 Å². The van der Waals surface area contributed by atoms with E-state index in [1.165, 1.54) is 12.8 Å². The average molecular weight is 324 g/mol. The third kappa shape index (κ3) is 5.79. The lowest BCUT2D eigenvalue weighted by Gasteiger charge is -2.37. The van der Waals surface area contributed by atoms with Crippen LogP contribution < -0.4 is 0 Å². The largest absolute Gasteiger partial charge is 0.481 e. The van der Waals surface area contributed by atoms with Crippen LogP contribution in [0.4, 0.5) is 0 Å². The van der Waals surface area contributed by atoms with Crippen molar-refractivity contribution in [3.8, 4) is 0 Å². The zero-order valence-electron chi connectivity index (χ0n) is 14.7. The van der Waals surface area contributed by atoms with Crippen molar-refractivity contribution in [2.75, 3.05) is 26.7 Å². The van der Waals surface area contributed by atoms with Crippen LogP contribution in [0.2, 0.25) is 0 Å². The Hall–Kier alpha value is -1.10. The molecule has 1 aliphatic heterocycles. The van der Waals surface area contributed by atoms with Crippen LogP contribution in [-0.2, 0) is 9.59 Å². The van der Waals surface area contributed by atoms with Crippen LogP contribution in [0.3, 0.4) is 0 Å². The third-order valence-electron chi connectivity index (χ3n) is 5.65. The van der Waals surface area contributed by atoms with Gasteiger partial charge in [0.2, 0.25) is 5.91 Å². The topological polar surface area (TPSA) is 60.9 Å². The van der Waals surface area contributed by atoms with Gasteiger partial charge in [-0.3, -0.25) is 14.5 Å². The molecule has 0 aromatic rings. The average Bonchev–Trinajstić information content (AvgIpc) is 2.53. The standard InChI is InChI=1S/C18H32N2O3/c1-14-5-8-16(9-6-14)19(2)17(21)13-20-11-3-4-15(12-20)7-10-18(22)23/h14-16H,3-13H2,1-2H3,(H,22,23). The molecule has 1 unspecified atom stereocenters. The number of amides is 1. The van der Waals surface area contributed by atoms with E-state index in [4.69, 9.17) is 5.11 Å². The first-order valence-electron chi connectivity index (χ1n) is 9.15. The zero-order valence-corrected chi connectivity index (χ0v) is 14.7. The number of nitrogens with zero attached hydrogens (tertiary/aromatic N) is 2. The number of carbonyl (C=O) groups is 2. The lowest BCUT2D eigenvalue weighted by Crippen LogP contribution is -2.47. The lowest BCUT2D eigenvalue weighted by atomic mass is 9.86. The number of piperidine rings is 1. The van der Waals surface area contributed by atoms with Gasteiger partial charge in [-0.05, 0) is 63.3 Å². The monoisotopic (exact) mass is 324 g/mol. The summed E-state index contributed by atoms with van der Waals surface area (Å²) in [7, 11) is 1.95. The second-order valence-corrected chi connectivity index (χ2v) is 7.59. The van der Waals surface area contributed by atoms with Crippen molar-refractivity contribution in [1.82, 2.24) is 9.80 Å². The molecule has 0 radical (unpaired) electrons. The van der Waals surface area contributed by atoms with Crippen molar-refractivity contribution in [3.05, 3.63) is 0 Å². The molecule has 23 heavy (non-hydrogen) atoms. The molecule has 0 aromatic heterocycles. The summed E-state index contributed by atoms with van der Waals surface area (Å²) in [6.07, 6.45) is 7.85. The van der Waals surface area contributed by atoms with E-state index in [2.05, 4.69) is 11.8 Å². The Morgan fingerprint density at radius 3 is 2.52 bits per heavy atom. The van der Waals surface area contributed by atoms with Crippen molar-refractivity contribution >= 4 is 11.9 Å². The molecule has 5 heteroatoms. The summed E-state index contributed by atoms with van der Waals surface area (Å²) in [5, 5.41) is 8.82. The second-order valence-electron chi connectivity index (χ2n) is 7.59. The molecule has 1 saturated heterocycles. The zero-order chi connectivity index (χ0) is 16.8. The maximum Gasteiger partial charge on any atom is 0.303 e. The molecule has 0 bridgehead atoms. The predicted octanol–water partition coefficient (Wildman–Crippen LogP) is 2.60. The maximum atomic E-state index is 12.6. The van der Waals surface area contributed by atoms with Gasteiger partial charge in [0.15, 0.2) is 0 Å². The number of hydrogen-bond acceptors (Lipinski definition) is 3. The van der Waals surface area contributed by atoms with Gasteiger partial charge in [-0.25, -0.2) is 0 Å². The van der Waals surface area contributed by atoms with Crippen LogP contribution >= 0.6 is 0 Å². The first-order valence-corrected chi connectivity index (χ1v) is 9.15. The Bertz CT molecular complexity index is 405. The van der Waals surface area contributed by atoms with E-state index < -0.39 is 5.97 Å². The number of likely N-dealkylation sites (N-methyl/N-ethyl adjacent to an activating group) is 1. The van der Waals surface area contributed by atoms with Gasteiger partial charge in [0, 0.05) is 26.1 Å². The minimum absolute atomic E-state index is 0.225. The highest BCUT2D eigenvalue weighted by molar-refractivity contribution is 5.78. The van der Waals surface area contributed by atoms with Crippen LogP contribution in [0.5, 0.6) is 0 Å². The van der Waals surface area contributed by atoms with Crippen molar-refractivity contribution < 1.29 is 14.7 Å². The fourth-order valence-electron chi connectivity index (χ4n) is 3.99. The summed E-state index contributed by atoms with van der Waals surface area (Å²) in [5.41, 5.74) is 0. The number of hydrogen-bond donors (Lipinski definition) is 1. The molecule has 1 heterocycles. The van der Waals surface area contributed by atoms with E-state index >= 15 is 0 Å². The highest BCUT2D eigenvalue weighted by Crippen LogP contribution is 2.27. The molecule has 2 aliphatic rings. The number of aliphatic carboxylic acids is 1. The highest BCUT2D eigenvalue weighted by atomic mass is 16.4. The SMILES string of the molecule is CC1CCC(N(C)C(=O)CN2CCCC(CCC(=O)O)C2)CC1. The molecule has 132 valence electrons. The number of carboxylic acid groups (broad SMARTS) is 1. The molecular weight excluding hydrogens is 292 g/mol. The minimum Gasteiger partial charge on any atom is -0.481 e. The molecule has 2 rings (SSSR count). The Kier molecular flexibility index (Phi) is 6.88. The number of carboxylic acids is 1. The third-order valence-corrected chi connectivity index (χ3v) is 5.65. The molecule has 1 saturated carbocycles. The fourth-order valence-corrected chi connectivity index (χ4v) is 3.99. The van der Waals surface area contributed by atoms with Gasteiger partial charge < -0.3 is 10.0 Å². The summed E-state index contributed by atoms with van der Waals surface area (Å²) in [6.45, 7) is 4.62. The van der Waals surface area contributed by atoms with Gasteiger partial charge in [-0.15, -0.1) is 0 Å².